The van der Waals surface area contributed by atoms with Gasteiger partial charge >= 0.3 is 0 Å². The van der Waals surface area contributed by atoms with Crippen molar-refractivity contribution in [3.63, 3.8) is 0 Å². The summed E-state index contributed by atoms with van der Waals surface area (Å²) in [7, 11) is 0. The Labute approximate surface area is 122 Å². The quantitative estimate of drug-likeness (QED) is 0.829. The molecule has 1 heterocycles. The highest BCUT2D eigenvalue weighted by Crippen LogP contribution is 2.57. The molecule has 1 saturated heterocycles. The Bertz CT molecular complexity index is 381. The minimum atomic E-state index is -0.791. The Morgan fingerprint density at radius 1 is 1.45 bits per heavy atom. The summed E-state index contributed by atoms with van der Waals surface area (Å²) in [6.07, 6.45) is 3.07. The second-order valence-corrected chi connectivity index (χ2v) is 7.36. The smallest absolute Gasteiger partial charge is 0.241 e. The van der Waals surface area contributed by atoms with E-state index in [1.54, 1.807) is 0 Å². The number of carbonyl (C=O) groups excluding carboxylic acids is 1. The molecule has 4 unspecified atom stereocenters. The Morgan fingerprint density at radius 3 is 2.65 bits per heavy atom. The third-order valence-electron chi connectivity index (χ3n) is 5.62. The van der Waals surface area contributed by atoms with Gasteiger partial charge in [0.1, 0.15) is 5.54 Å². The van der Waals surface area contributed by atoms with Crippen molar-refractivity contribution in [2.45, 2.75) is 71.6 Å². The molecule has 2 rings (SSSR count). The standard InChI is InChI=1S/C16H30N2O2/c1-6-12(10(2)3)18-14(19)16(17)11-8-7-9-20-13(11)15(16,4)5/h10-13H,6-9,17H2,1-5H3,(H,18,19). The van der Waals surface area contributed by atoms with Gasteiger partial charge in [-0.2, -0.15) is 0 Å². The van der Waals surface area contributed by atoms with Crippen LogP contribution in [0.5, 0.6) is 0 Å². The van der Waals surface area contributed by atoms with E-state index in [0.29, 0.717) is 5.92 Å². The zero-order chi connectivity index (χ0) is 15.1. The van der Waals surface area contributed by atoms with Gasteiger partial charge < -0.3 is 15.8 Å². The molecule has 4 nitrogen and oxygen atoms in total. The van der Waals surface area contributed by atoms with Gasteiger partial charge in [-0.15, -0.1) is 0 Å². The van der Waals surface area contributed by atoms with Gasteiger partial charge in [0.2, 0.25) is 5.91 Å². The average Bonchev–Trinajstić information content (AvgIpc) is 2.43. The van der Waals surface area contributed by atoms with Gasteiger partial charge in [-0.05, 0) is 25.2 Å². The fourth-order valence-electron chi connectivity index (χ4n) is 4.06. The van der Waals surface area contributed by atoms with Crippen molar-refractivity contribution in [3.05, 3.63) is 0 Å². The fourth-order valence-corrected chi connectivity index (χ4v) is 4.06. The zero-order valence-electron chi connectivity index (χ0n) is 13.5. The molecule has 0 radical (unpaired) electrons. The number of amides is 1. The van der Waals surface area contributed by atoms with E-state index in [2.05, 4.69) is 39.9 Å². The minimum Gasteiger partial charge on any atom is -0.377 e. The summed E-state index contributed by atoms with van der Waals surface area (Å²) >= 11 is 0. The molecule has 4 atom stereocenters. The molecule has 0 aromatic heterocycles. The number of nitrogens with two attached hydrogens (primary N) is 1. The van der Waals surface area contributed by atoms with Gasteiger partial charge in [-0.1, -0.05) is 34.6 Å². The summed E-state index contributed by atoms with van der Waals surface area (Å²) in [4.78, 5) is 12.8. The van der Waals surface area contributed by atoms with Crippen LogP contribution in [0.1, 0.15) is 53.9 Å². The molecule has 1 aliphatic heterocycles. The van der Waals surface area contributed by atoms with Crippen LogP contribution in [0, 0.1) is 17.3 Å². The molecule has 0 aromatic rings. The van der Waals surface area contributed by atoms with Crippen LogP contribution in [-0.4, -0.2) is 30.2 Å². The Balaban J connectivity index is 2.15. The van der Waals surface area contributed by atoms with Crippen molar-refractivity contribution in [2.24, 2.45) is 23.0 Å². The maximum atomic E-state index is 12.8. The number of nitrogens with one attached hydrogen (secondary N) is 1. The molecule has 20 heavy (non-hydrogen) atoms. The number of rotatable bonds is 4. The highest BCUT2D eigenvalue weighted by atomic mass is 16.5. The molecule has 1 amide bonds. The predicted octanol–water partition coefficient (Wildman–Crippen LogP) is 2.07. The largest absolute Gasteiger partial charge is 0.377 e. The number of hydrogen-bond donors (Lipinski definition) is 2. The molecule has 2 fully saturated rings. The summed E-state index contributed by atoms with van der Waals surface area (Å²) < 4.78 is 5.86. The Kier molecular flexibility index (Phi) is 4.18. The average molecular weight is 282 g/mol. The van der Waals surface area contributed by atoms with Crippen LogP contribution >= 0.6 is 0 Å². The van der Waals surface area contributed by atoms with E-state index in [-0.39, 0.29) is 29.4 Å². The van der Waals surface area contributed by atoms with Gasteiger partial charge in [0.15, 0.2) is 0 Å². The third kappa shape index (κ3) is 2.08. The molecule has 0 aromatic carbocycles. The number of hydrogen-bond acceptors (Lipinski definition) is 3. The number of fused-ring (bicyclic) bond motifs is 1. The molecule has 1 saturated carbocycles. The zero-order valence-corrected chi connectivity index (χ0v) is 13.5. The molecule has 0 spiro atoms. The summed E-state index contributed by atoms with van der Waals surface area (Å²) in [6, 6.07) is 0.197. The van der Waals surface area contributed by atoms with E-state index >= 15 is 0 Å². The van der Waals surface area contributed by atoms with Crippen molar-refractivity contribution < 1.29 is 9.53 Å². The SMILES string of the molecule is CCC(NC(=O)C1(N)C2CCCOC2C1(C)C)C(C)C. The van der Waals surface area contributed by atoms with E-state index in [1.807, 2.05) is 0 Å². The maximum absolute atomic E-state index is 12.8. The van der Waals surface area contributed by atoms with Gasteiger partial charge in [-0.3, -0.25) is 4.79 Å². The van der Waals surface area contributed by atoms with Crippen molar-refractivity contribution >= 4 is 5.91 Å². The van der Waals surface area contributed by atoms with E-state index in [4.69, 9.17) is 10.5 Å². The molecule has 116 valence electrons. The van der Waals surface area contributed by atoms with E-state index in [1.165, 1.54) is 0 Å². The molecule has 1 aliphatic carbocycles. The first-order chi connectivity index (χ1) is 9.26. The van der Waals surface area contributed by atoms with Gasteiger partial charge in [-0.25, -0.2) is 0 Å². The van der Waals surface area contributed by atoms with E-state index in [0.717, 1.165) is 25.9 Å². The number of carbonyl (C=O) groups is 1. The van der Waals surface area contributed by atoms with Crippen LogP contribution in [0.15, 0.2) is 0 Å². The van der Waals surface area contributed by atoms with Crippen molar-refractivity contribution in [2.75, 3.05) is 6.61 Å². The minimum absolute atomic E-state index is 0.00907. The highest BCUT2D eigenvalue weighted by molar-refractivity contribution is 5.89. The molecular weight excluding hydrogens is 252 g/mol. The molecule has 4 heteroatoms. The lowest BCUT2D eigenvalue weighted by molar-refractivity contribution is -0.225. The fraction of sp³-hybridized carbons (Fsp3) is 0.938. The summed E-state index contributed by atoms with van der Waals surface area (Å²) in [5.41, 5.74) is 5.50. The van der Waals surface area contributed by atoms with Crippen LogP contribution in [0.2, 0.25) is 0 Å². The van der Waals surface area contributed by atoms with Crippen LogP contribution < -0.4 is 11.1 Å². The first kappa shape index (κ1) is 15.8. The molecule has 3 N–H and O–H groups in total. The summed E-state index contributed by atoms with van der Waals surface area (Å²) in [5.74, 6) is 0.597. The van der Waals surface area contributed by atoms with Crippen molar-refractivity contribution in [1.82, 2.24) is 5.32 Å². The first-order valence-corrected chi connectivity index (χ1v) is 7.98. The lowest BCUT2D eigenvalue weighted by atomic mass is 9.46. The second kappa shape index (κ2) is 5.30. The molecular formula is C16H30N2O2. The van der Waals surface area contributed by atoms with Gasteiger partial charge in [0, 0.05) is 24.0 Å². The van der Waals surface area contributed by atoms with Crippen LogP contribution in [0.3, 0.4) is 0 Å². The maximum Gasteiger partial charge on any atom is 0.241 e. The van der Waals surface area contributed by atoms with Gasteiger partial charge in [0.05, 0.1) is 6.10 Å². The molecule has 2 aliphatic rings. The topological polar surface area (TPSA) is 64.4 Å². The summed E-state index contributed by atoms with van der Waals surface area (Å²) in [6.45, 7) is 11.3. The third-order valence-corrected chi connectivity index (χ3v) is 5.62. The monoisotopic (exact) mass is 282 g/mol. The second-order valence-electron chi connectivity index (χ2n) is 7.36. The van der Waals surface area contributed by atoms with E-state index < -0.39 is 5.54 Å². The van der Waals surface area contributed by atoms with Crippen LogP contribution in [0.25, 0.3) is 0 Å². The first-order valence-electron chi connectivity index (χ1n) is 7.98. The van der Waals surface area contributed by atoms with Crippen molar-refractivity contribution in [3.8, 4) is 0 Å². The Hall–Kier alpha value is -0.610. The normalized spacial score (nSPS) is 37.0. The Morgan fingerprint density at radius 2 is 2.10 bits per heavy atom. The lowest BCUT2D eigenvalue weighted by Gasteiger charge is -2.65. The number of ether oxygens (including phenoxy) is 1. The lowest BCUT2D eigenvalue weighted by Crippen LogP contribution is -2.82. The van der Waals surface area contributed by atoms with Crippen molar-refractivity contribution in [1.29, 1.82) is 0 Å². The van der Waals surface area contributed by atoms with E-state index in [9.17, 15) is 4.79 Å². The predicted molar refractivity (Wildman–Crippen MR) is 80.2 cm³/mol. The van der Waals surface area contributed by atoms with Gasteiger partial charge in [0.25, 0.3) is 0 Å². The molecule has 0 bridgehead atoms. The van der Waals surface area contributed by atoms with Crippen LogP contribution in [-0.2, 0) is 9.53 Å². The highest BCUT2D eigenvalue weighted by Gasteiger charge is 2.70. The summed E-state index contributed by atoms with van der Waals surface area (Å²) in [5, 5.41) is 3.18. The van der Waals surface area contributed by atoms with Crippen LogP contribution in [0.4, 0.5) is 0 Å².